The molecule has 1 aromatic carbocycles. The Morgan fingerprint density at radius 1 is 1.15 bits per heavy atom. The molecule has 6 heteroatoms. The molecule has 0 aromatic heterocycles. The number of carbonyl (C=O) groups is 2. The SMILES string of the molecule is CCN(CC)C(=O)c1ccc(CNC(=O)C2(COC)CCNCC2)cc1. The largest absolute Gasteiger partial charge is 0.384 e. The van der Waals surface area contributed by atoms with Crippen molar-refractivity contribution in [1.82, 2.24) is 15.5 Å². The lowest BCUT2D eigenvalue weighted by molar-refractivity contribution is -0.136. The van der Waals surface area contributed by atoms with Gasteiger partial charge < -0.3 is 20.3 Å². The van der Waals surface area contributed by atoms with E-state index in [1.54, 1.807) is 12.0 Å². The number of piperidine rings is 1. The lowest BCUT2D eigenvalue weighted by atomic mass is 9.78. The Balaban J connectivity index is 1.96. The second kappa shape index (κ2) is 9.69. The van der Waals surface area contributed by atoms with Crippen molar-refractivity contribution in [3.05, 3.63) is 35.4 Å². The maximum atomic E-state index is 12.7. The van der Waals surface area contributed by atoms with Gasteiger partial charge in [0.2, 0.25) is 5.91 Å². The van der Waals surface area contributed by atoms with Crippen LogP contribution < -0.4 is 10.6 Å². The first kappa shape index (κ1) is 20.4. The number of nitrogens with one attached hydrogen (secondary N) is 2. The quantitative estimate of drug-likeness (QED) is 0.741. The van der Waals surface area contributed by atoms with Gasteiger partial charge in [-0.25, -0.2) is 0 Å². The van der Waals surface area contributed by atoms with E-state index in [-0.39, 0.29) is 11.8 Å². The van der Waals surface area contributed by atoms with Gasteiger partial charge in [0.25, 0.3) is 5.91 Å². The zero-order valence-corrected chi connectivity index (χ0v) is 16.1. The summed E-state index contributed by atoms with van der Waals surface area (Å²) < 4.78 is 5.31. The minimum absolute atomic E-state index is 0.0411. The van der Waals surface area contributed by atoms with Crippen molar-refractivity contribution >= 4 is 11.8 Å². The lowest BCUT2D eigenvalue weighted by Gasteiger charge is -2.35. The number of rotatable bonds is 8. The Kier molecular flexibility index (Phi) is 7.60. The van der Waals surface area contributed by atoms with E-state index in [0.29, 0.717) is 31.8 Å². The summed E-state index contributed by atoms with van der Waals surface area (Å²) in [6, 6.07) is 7.47. The third-order valence-corrected chi connectivity index (χ3v) is 5.17. The van der Waals surface area contributed by atoms with E-state index in [1.165, 1.54) is 0 Å². The van der Waals surface area contributed by atoms with Crippen LogP contribution in [0.3, 0.4) is 0 Å². The normalized spacial score (nSPS) is 16.1. The number of methoxy groups -OCH3 is 1. The van der Waals surface area contributed by atoms with E-state index < -0.39 is 5.41 Å². The molecule has 2 rings (SSSR count). The monoisotopic (exact) mass is 361 g/mol. The Labute approximate surface area is 156 Å². The first-order chi connectivity index (χ1) is 12.6. The van der Waals surface area contributed by atoms with Crippen LogP contribution in [-0.4, -0.2) is 56.6 Å². The molecule has 144 valence electrons. The average molecular weight is 361 g/mol. The molecule has 0 radical (unpaired) electrons. The van der Waals surface area contributed by atoms with Gasteiger partial charge in [-0.1, -0.05) is 12.1 Å². The Hall–Kier alpha value is -1.92. The molecule has 1 heterocycles. The third kappa shape index (κ3) is 4.83. The first-order valence-corrected chi connectivity index (χ1v) is 9.42. The van der Waals surface area contributed by atoms with E-state index >= 15 is 0 Å². The van der Waals surface area contributed by atoms with E-state index in [4.69, 9.17) is 4.74 Å². The van der Waals surface area contributed by atoms with Crippen LogP contribution in [0, 0.1) is 5.41 Å². The van der Waals surface area contributed by atoms with Crippen molar-refractivity contribution in [2.75, 3.05) is 39.9 Å². The standard InChI is InChI=1S/C20H31N3O3/c1-4-23(5-2)18(24)17-8-6-16(7-9-17)14-22-19(25)20(15-26-3)10-12-21-13-11-20/h6-9,21H,4-5,10-15H2,1-3H3,(H,22,25). The number of hydrogen-bond donors (Lipinski definition) is 2. The smallest absolute Gasteiger partial charge is 0.253 e. The molecule has 1 aromatic rings. The van der Waals surface area contributed by atoms with Gasteiger partial charge in [-0.15, -0.1) is 0 Å². The fourth-order valence-corrected chi connectivity index (χ4v) is 3.45. The van der Waals surface area contributed by atoms with Crippen molar-refractivity contribution in [2.45, 2.75) is 33.2 Å². The minimum Gasteiger partial charge on any atom is -0.384 e. The Morgan fingerprint density at radius 3 is 2.31 bits per heavy atom. The number of ether oxygens (including phenoxy) is 1. The second-order valence-electron chi connectivity index (χ2n) is 6.82. The molecule has 2 N–H and O–H groups in total. The molecule has 6 nitrogen and oxygen atoms in total. The summed E-state index contributed by atoms with van der Waals surface area (Å²) in [5, 5.41) is 6.34. The minimum atomic E-state index is -0.446. The van der Waals surface area contributed by atoms with E-state index in [2.05, 4.69) is 10.6 Å². The van der Waals surface area contributed by atoms with Gasteiger partial charge in [-0.2, -0.15) is 0 Å². The molecule has 26 heavy (non-hydrogen) atoms. The van der Waals surface area contributed by atoms with Gasteiger partial charge in [0, 0.05) is 32.3 Å². The fraction of sp³-hybridized carbons (Fsp3) is 0.600. The topological polar surface area (TPSA) is 70.7 Å². The predicted octanol–water partition coefficient (Wildman–Crippen LogP) is 1.80. The van der Waals surface area contributed by atoms with Crippen LogP contribution >= 0.6 is 0 Å². The highest BCUT2D eigenvalue weighted by molar-refractivity contribution is 5.94. The zero-order chi connectivity index (χ0) is 19.0. The summed E-state index contributed by atoms with van der Waals surface area (Å²) in [6.07, 6.45) is 1.56. The molecule has 0 unspecified atom stereocenters. The van der Waals surface area contributed by atoms with Gasteiger partial charge in [0.05, 0.1) is 12.0 Å². The van der Waals surface area contributed by atoms with Gasteiger partial charge in [0.1, 0.15) is 0 Å². The summed E-state index contributed by atoms with van der Waals surface area (Å²) in [5.74, 6) is 0.0866. The van der Waals surface area contributed by atoms with Gasteiger partial charge in [-0.3, -0.25) is 9.59 Å². The fourth-order valence-electron chi connectivity index (χ4n) is 3.45. The van der Waals surface area contributed by atoms with E-state index in [0.717, 1.165) is 31.5 Å². The molecular weight excluding hydrogens is 330 g/mol. The number of carbonyl (C=O) groups excluding carboxylic acids is 2. The highest BCUT2D eigenvalue weighted by atomic mass is 16.5. The molecule has 1 aliphatic heterocycles. The molecule has 1 aliphatic rings. The molecule has 0 spiro atoms. The lowest BCUT2D eigenvalue weighted by Crippen LogP contribution is -2.49. The van der Waals surface area contributed by atoms with Crippen molar-refractivity contribution in [3.63, 3.8) is 0 Å². The van der Waals surface area contributed by atoms with Crippen molar-refractivity contribution in [1.29, 1.82) is 0 Å². The average Bonchev–Trinajstić information content (AvgIpc) is 2.68. The Morgan fingerprint density at radius 2 is 1.77 bits per heavy atom. The molecule has 0 aliphatic carbocycles. The van der Waals surface area contributed by atoms with Crippen LogP contribution in [0.5, 0.6) is 0 Å². The summed E-state index contributed by atoms with van der Waals surface area (Å²) in [6.45, 7) is 7.91. The highest BCUT2D eigenvalue weighted by Gasteiger charge is 2.39. The molecule has 1 fully saturated rings. The predicted molar refractivity (Wildman–Crippen MR) is 102 cm³/mol. The van der Waals surface area contributed by atoms with E-state index in [9.17, 15) is 9.59 Å². The van der Waals surface area contributed by atoms with Crippen LogP contribution in [0.4, 0.5) is 0 Å². The summed E-state index contributed by atoms with van der Waals surface area (Å²) >= 11 is 0. The molecule has 0 saturated carbocycles. The van der Waals surface area contributed by atoms with E-state index in [1.807, 2.05) is 38.1 Å². The number of nitrogens with zero attached hydrogens (tertiary/aromatic N) is 1. The van der Waals surface area contributed by atoms with Crippen molar-refractivity contribution in [2.24, 2.45) is 5.41 Å². The van der Waals surface area contributed by atoms with Gasteiger partial charge in [-0.05, 0) is 57.5 Å². The van der Waals surface area contributed by atoms with Crippen molar-refractivity contribution in [3.8, 4) is 0 Å². The van der Waals surface area contributed by atoms with Gasteiger partial charge in [0.15, 0.2) is 0 Å². The molecule has 1 saturated heterocycles. The highest BCUT2D eigenvalue weighted by Crippen LogP contribution is 2.29. The maximum Gasteiger partial charge on any atom is 0.253 e. The van der Waals surface area contributed by atoms with Crippen molar-refractivity contribution < 1.29 is 14.3 Å². The Bertz CT molecular complexity index is 585. The molecular formula is C20H31N3O3. The van der Waals surface area contributed by atoms with Crippen LogP contribution in [-0.2, 0) is 16.1 Å². The summed E-state index contributed by atoms with van der Waals surface area (Å²) in [5.41, 5.74) is 1.22. The van der Waals surface area contributed by atoms with Gasteiger partial charge >= 0.3 is 0 Å². The zero-order valence-electron chi connectivity index (χ0n) is 16.1. The number of hydrogen-bond acceptors (Lipinski definition) is 4. The van der Waals surface area contributed by atoms with Crippen LogP contribution in [0.15, 0.2) is 24.3 Å². The third-order valence-electron chi connectivity index (χ3n) is 5.17. The van der Waals surface area contributed by atoms with Crippen LogP contribution in [0.1, 0.15) is 42.6 Å². The summed E-state index contributed by atoms with van der Waals surface area (Å²) in [4.78, 5) is 26.9. The number of benzene rings is 1. The first-order valence-electron chi connectivity index (χ1n) is 9.42. The van der Waals surface area contributed by atoms with Crippen LogP contribution in [0.25, 0.3) is 0 Å². The summed E-state index contributed by atoms with van der Waals surface area (Å²) in [7, 11) is 1.64. The second-order valence-corrected chi connectivity index (χ2v) is 6.82. The number of amides is 2. The maximum absolute atomic E-state index is 12.7. The molecule has 0 atom stereocenters. The van der Waals surface area contributed by atoms with Crippen LogP contribution in [0.2, 0.25) is 0 Å². The molecule has 0 bridgehead atoms. The molecule has 2 amide bonds.